The number of hydrogen-bond donors (Lipinski definition) is 3. The Kier molecular flexibility index (Phi) is 7.81. The maximum atomic E-state index is 12.1. The van der Waals surface area contributed by atoms with Gasteiger partial charge < -0.3 is 15.2 Å². The summed E-state index contributed by atoms with van der Waals surface area (Å²) in [5.74, 6) is 1.43. The van der Waals surface area contributed by atoms with Crippen LogP contribution in [-0.2, 0) is 23.1 Å². The van der Waals surface area contributed by atoms with Crippen LogP contribution in [0.1, 0.15) is 36.8 Å². The molecule has 148 valence electrons. The van der Waals surface area contributed by atoms with Gasteiger partial charge in [0.25, 0.3) is 0 Å². The molecule has 9 heteroatoms. The van der Waals surface area contributed by atoms with Crippen molar-refractivity contribution in [2.75, 3.05) is 19.3 Å². The molecule has 1 heterocycles. The maximum Gasteiger partial charge on any atom is 0.213 e. The predicted molar refractivity (Wildman–Crippen MR) is 106 cm³/mol. The number of nitrogens with one attached hydrogen (secondary N) is 3. The van der Waals surface area contributed by atoms with E-state index in [1.54, 1.807) is 7.05 Å². The zero-order chi connectivity index (χ0) is 19.7. The van der Waals surface area contributed by atoms with Gasteiger partial charge in [0.1, 0.15) is 0 Å². The van der Waals surface area contributed by atoms with E-state index in [0.29, 0.717) is 24.2 Å². The van der Waals surface area contributed by atoms with E-state index < -0.39 is 10.0 Å². The molecule has 0 fully saturated rings. The molecule has 8 nitrogen and oxygen atoms in total. The zero-order valence-corrected chi connectivity index (χ0v) is 16.7. The third-order valence-corrected chi connectivity index (χ3v) is 5.15. The van der Waals surface area contributed by atoms with E-state index in [1.165, 1.54) is 0 Å². The molecule has 1 aromatic carbocycles. The normalized spacial score (nSPS) is 12.4. The summed E-state index contributed by atoms with van der Waals surface area (Å²) >= 11 is 0. The number of rotatable bonds is 9. The van der Waals surface area contributed by atoms with Crippen LogP contribution in [0.4, 0.5) is 0 Å². The van der Waals surface area contributed by atoms with Crippen LogP contribution in [0, 0.1) is 0 Å². The lowest BCUT2D eigenvalue weighted by atomic mass is 10.1. The highest BCUT2D eigenvalue weighted by Gasteiger charge is 2.11. The molecule has 1 aromatic heterocycles. The van der Waals surface area contributed by atoms with Crippen LogP contribution >= 0.6 is 0 Å². The number of nitrogens with zero attached hydrogens (tertiary/aromatic N) is 2. The van der Waals surface area contributed by atoms with Crippen molar-refractivity contribution in [1.29, 1.82) is 0 Å². The molecule has 0 bridgehead atoms. The molecule has 0 aliphatic rings. The van der Waals surface area contributed by atoms with Crippen LogP contribution in [0.25, 0.3) is 0 Å². The van der Waals surface area contributed by atoms with Gasteiger partial charge in [-0.15, -0.1) is 0 Å². The molecule has 0 saturated carbocycles. The van der Waals surface area contributed by atoms with Gasteiger partial charge in [-0.2, -0.15) is 0 Å². The standard InChI is InChI=1S/C18H27N5O3S/c1-14(2)17-11-16(26-23-17)13-21-18(19-3)20-9-10-27(24,25)22-12-15-7-5-4-6-8-15/h4-8,11,14,22H,9-10,12-13H2,1-3H3,(H2,19,20,21). The maximum absolute atomic E-state index is 12.1. The summed E-state index contributed by atoms with van der Waals surface area (Å²) in [5, 5.41) is 10.0. The second-order valence-corrected chi connectivity index (χ2v) is 8.28. The van der Waals surface area contributed by atoms with Crippen molar-refractivity contribution < 1.29 is 12.9 Å². The van der Waals surface area contributed by atoms with E-state index in [-0.39, 0.29) is 18.8 Å². The van der Waals surface area contributed by atoms with Crippen molar-refractivity contribution in [3.63, 3.8) is 0 Å². The number of guanidine groups is 1. The minimum atomic E-state index is -3.38. The smallest absolute Gasteiger partial charge is 0.213 e. The van der Waals surface area contributed by atoms with Crippen molar-refractivity contribution in [2.45, 2.75) is 32.9 Å². The molecule has 2 rings (SSSR count). The van der Waals surface area contributed by atoms with E-state index >= 15 is 0 Å². The van der Waals surface area contributed by atoms with Crippen LogP contribution in [0.2, 0.25) is 0 Å². The average molecular weight is 394 g/mol. The van der Waals surface area contributed by atoms with E-state index in [0.717, 1.165) is 11.3 Å². The molecule has 0 saturated heterocycles. The van der Waals surface area contributed by atoms with E-state index in [4.69, 9.17) is 4.52 Å². The molecular weight excluding hydrogens is 366 g/mol. The molecule has 3 N–H and O–H groups in total. The molecule has 0 radical (unpaired) electrons. The second-order valence-electron chi connectivity index (χ2n) is 6.35. The summed E-state index contributed by atoms with van der Waals surface area (Å²) in [6.45, 7) is 5.01. The molecule has 2 aromatic rings. The van der Waals surface area contributed by atoms with Gasteiger partial charge in [-0.05, 0) is 11.5 Å². The van der Waals surface area contributed by atoms with Crippen LogP contribution < -0.4 is 15.4 Å². The number of benzene rings is 1. The highest BCUT2D eigenvalue weighted by molar-refractivity contribution is 7.89. The highest BCUT2D eigenvalue weighted by Crippen LogP contribution is 2.13. The first-order chi connectivity index (χ1) is 12.9. The van der Waals surface area contributed by atoms with Crippen molar-refractivity contribution >= 4 is 16.0 Å². The Labute approximate surface area is 160 Å². The molecule has 27 heavy (non-hydrogen) atoms. The Morgan fingerprint density at radius 2 is 1.93 bits per heavy atom. The first-order valence-corrected chi connectivity index (χ1v) is 10.5. The van der Waals surface area contributed by atoms with E-state index in [9.17, 15) is 8.42 Å². The lowest BCUT2D eigenvalue weighted by Gasteiger charge is -2.11. The molecule has 0 aliphatic heterocycles. The van der Waals surface area contributed by atoms with Gasteiger partial charge in [0, 0.05) is 26.2 Å². The topological polar surface area (TPSA) is 109 Å². The van der Waals surface area contributed by atoms with Gasteiger partial charge in [0.15, 0.2) is 11.7 Å². The van der Waals surface area contributed by atoms with Crippen LogP contribution in [0.5, 0.6) is 0 Å². The summed E-state index contributed by atoms with van der Waals surface area (Å²) in [5.41, 5.74) is 1.81. The summed E-state index contributed by atoms with van der Waals surface area (Å²) < 4.78 is 32.0. The fraction of sp³-hybridized carbons (Fsp3) is 0.444. The Morgan fingerprint density at radius 1 is 1.19 bits per heavy atom. The van der Waals surface area contributed by atoms with Gasteiger partial charge in [0.05, 0.1) is 18.0 Å². The first-order valence-electron chi connectivity index (χ1n) is 8.81. The van der Waals surface area contributed by atoms with Gasteiger partial charge >= 0.3 is 0 Å². The number of sulfonamides is 1. The molecule has 0 spiro atoms. The number of aliphatic imine (C=N–C) groups is 1. The van der Waals surface area contributed by atoms with Crippen molar-refractivity contribution in [3.8, 4) is 0 Å². The summed E-state index contributed by atoms with van der Waals surface area (Å²) in [6, 6.07) is 11.3. The van der Waals surface area contributed by atoms with Gasteiger partial charge in [-0.3, -0.25) is 4.99 Å². The quantitative estimate of drug-likeness (QED) is 0.441. The van der Waals surface area contributed by atoms with Gasteiger partial charge in [0.2, 0.25) is 10.0 Å². The predicted octanol–water partition coefficient (Wildman–Crippen LogP) is 1.58. The van der Waals surface area contributed by atoms with Crippen LogP contribution in [-0.4, -0.2) is 38.9 Å². The molecule has 0 aliphatic carbocycles. The molecule has 0 amide bonds. The first kappa shape index (κ1) is 20.9. The fourth-order valence-electron chi connectivity index (χ4n) is 2.24. The minimum Gasteiger partial charge on any atom is -0.359 e. The lowest BCUT2D eigenvalue weighted by Crippen LogP contribution is -2.40. The van der Waals surface area contributed by atoms with Gasteiger partial charge in [-0.25, -0.2) is 13.1 Å². The molecule has 0 atom stereocenters. The summed E-state index contributed by atoms with van der Waals surface area (Å²) in [7, 11) is -1.76. The van der Waals surface area contributed by atoms with E-state index in [1.807, 2.05) is 50.2 Å². The Hall–Kier alpha value is -2.39. The number of aromatic nitrogens is 1. The van der Waals surface area contributed by atoms with E-state index in [2.05, 4.69) is 25.5 Å². The number of hydrogen-bond acceptors (Lipinski definition) is 5. The second kappa shape index (κ2) is 10.1. The third-order valence-electron chi connectivity index (χ3n) is 3.82. The monoisotopic (exact) mass is 393 g/mol. The third kappa shape index (κ3) is 7.40. The average Bonchev–Trinajstić information content (AvgIpc) is 3.13. The van der Waals surface area contributed by atoms with Crippen molar-refractivity contribution in [2.24, 2.45) is 4.99 Å². The summed E-state index contributed by atoms with van der Waals surface area (Å²) in [6.07, 6.45) is 0. The van der Waals surface area contributed by atoms with Crippen molar-refractivity contribution in [3.05, 3.63) is 53.4 Å². The zero-order valence-electron chi connectivity index (χ0n) is 15.9. The Morgan fingerprint density at radius 3 is 2.56 bits per heavy atom. The Balaban J connectivity index is 1.73. The van der Waals surface area contributed by atoms with Gasteiger partial charge in [-0.1, -0.05) is 49.3 Å². The molecular formula is C18H27N5O3S. The van der Waals surface area contributed by atoms with Crippen LogP contribution in [0.15, 0.2) is 45.9 Å². The highest BCUT2D eigenvalue weighted by atomic mass is 32.2. The molecule has 0 unspecified atom stereocenters. The largest absolute Gasteiger partial charge is 0.359 e. The lowest BCUT2D eigenvalue weighted by molar-refractivity contribution is 0.372. The SMILES string of the molecule is CN=C(NCCS(=O)(=O)NCc1ccccc1)NCc1cc(C(C)C)no1. The summed E-state index contributed by atoms with van der Waals surface area (Å²) in [4.78, 5) is 4.08. The van der Waals surface area contributed by atoms with Crippen molar-refractivity contribution in [1.82, 2.24) is 20.5 Å². The fourth-order valence-corrected chi connectivity index (χ4v) is 3.14. The van der Waals surface area contributed by atoms with Crippen LogP contribution in [0.3, 0.4) is 0 Å². The Bertz CT molecular complexity index is 832. The minimum absolute atomic E-state index is 0.0552.